The molecule has 12 heavy (non-hydrogen) atoms. The number of halogens is 1. The number of hydrogen-bond donors (Lipinski definition) is 1. The number of aldehydes is 1. The van der Waals surface area contributed by atoms with Crippen LogP contribution in [0.15, 0.2) is 0 Å². The molecular weight excluding hydrogens is 176 g/mol. The Balaban J connectivity index is 2.32. The van der Waals surface area contributed by atoms with Crippen LogP contribution in [0.4, 0.5) is 0 Å². The molecule has 0 spiro atoms. The summed E-state index contributed by atoms with van der Waals surface area (Å²) in [5.74, 6) is 0.569. The van der Waals surface area contributed by atoms with E-state index in [1.807, 2.05) is 0 Å². The maximum atomic E-state index is 10.3. The van der Waals surface area contributed by atoms with Gasteiger partial charge in [0, 0.05) is 23.6 Å². The van der Waals surface area contributed by atoms with Crippen molar-refractivity contribution in [3.8, 4) is 0 Å². The molecule has 1 saturated carbocycles. The summed E-state index contributed by atoms with van der Waals surface area (Å²) in [6, 6.07) is 0. The van der Waals surface area contributed by atoms with Crippen molar-refractivity contribution in [2.75, 3.05) is 0 Å². The van der Waals surface area contributed by atoms with Crippen LogP contribution in [0.25, 0.3) is 0 Å². The standard InChI is InChI=1S/C8H9ClN2O/c9-8-6(3-4-12)7(10-11-8)5-1-2-5/h4-5H,1-3H2,(H,10,11). The molecule has 0 saturated heterocycles. The fourth-order valence-corrected chi connectivity index (χ4v) is 1.56. The van der Waals surface area contributed by atoms with Crippen molar-refractivity contribution < 1.29 is 4.79 Å². The average molecular weight is 185 g/mol. The molecule has 0 bridgehead atoms. The van der Waals surface area contributed by atoms with Crippen LogP contribution >= 0.6 is 11.6 Å². The predicted octanol–water partition coefficient (Wildman–Crippen LogP) is 1.68. The van der Waals surface area contributed by atoms with Gasteiger partial charge in [0.05, 0.1) is 0 Å². The highest BCUT2D eigenvalue weighted by Gasteiger charge is 2.28. The van der Waals surface area contributed by atoms with E-state index >= 15 is 0 Å². The van der Waals surface area contributed by atoms with Gasteiger partial charge in [-0.1, -0.05) is 11.6 Å². The minimum absolute atomic E-state index is 0.376. The quantitative estimate of drug-likeness (QED) is 0.727. The minimum Gasteiger partial charge on any atom is -0.303 e. The Kier molecular flexibility index (Phi) is 1.89. The molecule has 0 aliphatic heterocycles. The van der Waals surface area contributed by atoms with Crippen LogP contribution in [0.2, 0.25) is 5.15 Å². The molecule has 1 aliphatic carbocycles. The molecule has 1 fully saturated rings. The summed E-state index contributed by atoms with van der Waals surface area (Å²) in [5, 5.41) is 7.21. The molecule has 2 rings (SSSR count). The first-order valence-electron chi connectivity index (χ1n) is 3.99. The third kappa shape index (κ3) is 1.25. The normalized spacial score (nSPS) is 16.4. The molecule has 64 valence electrons. The van der Waals surface area contributed by atoms with Crippen molar-refractivity contribution in [1.82, 2.24) is 10.2 Å². The number of carbonyl (C=O) groups is 1. The summed E-state index contributed by atoms with van der Waals surface area (Å²) >= 11 is 5.79. The molecule has 1 heterocycles. The van der Waals surface area contributed by atoms with Crippen molar-refractivity contribution in [2.45, 2.75) is 25.2 Å². The molecule has 1 aliphatic rings. The Morgan fingerprint density at radius 1 is 1.67 bits per heavy atom. The first kappa shape index (κ1) is 7.80. The van der Waals surface area contributed by atoms with E-state index in [1.54, 1.807) is 0 Å². The van der Waals surface area contributed by atoms with E-state index in [9.17, 15) is 4.79 Å². The first-order valence-corrected chi connectivity index (χ1v) is 4.37. The van der Waals surface area contributed by atoms with Gasteiger partial charge in [0.1, 0.15) is 6.29 Å². The molecule has 1 aromatic heterocycles. The number of aromatic nitrogens is 2. The Hall–Kier alpha value is -0.830. The second-order valence-electron chi connectivity index (χ2n) is 3.05. The topological polar surface area (TPSA) is 45.8 Å². The van der Waals surface area contributed by atoms with Crippen LogP contribution < -0.4 is 0 Å². The highest BCUT2D eigenvalue weighted by Crippen LogP contribution is 2.41. The molecule has 4 heteroatoms. The van der Waals surface area contributed by atoms with Gasteiger partial charge in [0.25, 0.3) is 0 Å². The SMILES string of the molecule is O=CCc1c(Cl)n[nH]c1C1CC1. The maximum Gasteiger partial charge on any atom is 0.154 e. The largest absolute Gasteiger partial charge is 0.303 e. The average Bonchev–Trinajstić information content (AvgIpc) is 2.82. The summed E-state index contributed by atoms with van der Waals surface area (Å²) in [6.45, 7) is 0. The summed E-state index contributed by atoms with van der Waals surface area (Å²) in [7, 11) is 0. The van der Waals surface area contributed by atoms with Gasteiger partial charge in [-0.3, -0.25) is 5.10 Å². The second kappa shape index (κ2) is 2.90. The van der Waals surface area contributed by atoms with Gasteiger partial charge in [-0.2, -0.15) is 5.10 Å². The molecular formula is C8H9ClN2O. The Labute approximate surface area is 75.1 Å². The van der Waals surface area contributed by atoms with E-state index in [4.69, 9.17) is 11.6 Å². The van der Waals surface area contributed by atoms with Crippen molar-refractivity contribution in [2.24, 2.45) is 0 Å². The lowest BCUT2D eigenvalue weighted by Crippen LogP contribution is -1.90. The minimum atomic E-state index is 0.376. The van der Waals surface area contributed by atoms with Gasteiger partial charge in [-0.25, -0.2) is 0 Å². The van der Waals surface area contributed by atoms with E-state index in [2.05, 4.69) is 10.2 Å². The zero-order valence-electron chi connectivity index (χ0n) is 6.51. The molecule has 0 aromatic carbocycles. The van der Waals surface area contributed by atoms with Gasteiger partial charge in [0.15, 0.2) is 5.15 Å². The van der Waals surface area contributed by atoms with Crippen LogP contribution in [0.3, 0.4) is 0 Å². The third-order valence-electron chi connectivity index (χ3n) is 2.12. The number of nitrogens with one attached hydrogen (secondary N) is 1. The van der Waals surface area contributed by atoms with Crippen molar-refractivity contribution in [3.05, 3.63) is 16.4 Å². The molecule has 0 radical (unpaired) electrons. The lowest BCUT2D eigenvalue weighted by molar-refractivity contribution is -0.107. The first-order chi connectivity index (χ1) is 5.83. The highest BCUT2D eigenvalue weighted by molar-refractivity contribution is 6.30. The lowest BCUT2D eigenvalue weighted by Gasteiger charge is -1.95. The molecule has 0 atom stereocenters. The summed E-state index contributed by atoms with van der Waals surface area (Å²) in [5.41, 5.74) is 1.95. The van der Waals surface area contributed by atoms with Crippen molar-refractivity contribution >= 4 is 17.9 Å². The molecule has 0 unspecified atom stereocenters. The Bertz CT molecular complexity index is 304. The van der Waals surface area contributed by atoms with Gasteiger partial charge >= 0.3 is 0 Å². The smallest absolute Gasteiger partial charge is 0.154 e. The van der Waals surface area contributed by atoms with E-state index in [0.29, 0.717) is 17.5 Å². The number of rotatable bonds is 3. The van der Waals surface area contributed by atoms with E-state index in [0.717, 1.165) is 17.5 Å². The van der Waals surface area contributed by atoms with Gasteiger partial charge in [0.2, 0.25) is 0 Å². The van der Waals surface area contributed by atoms with Crippen molar-refractivity contribution in [3.63, 3.8) is 0 Å². The number of hydrogen-bond acceptors (Lipinski definition) is 2. The number of nitrogens with zero attached hydrogens (tertiary/aromatic N) is 1. The molecule has 1 aromatic rings. The summed E-state index contributed by atoms with van der Waals surface area (Å²) in [6.07, 6.45) is 3.61. The van der Waals surface area contributed by atoms with Crippen LogP contribution in [0.5, 0.6) is 0 Å². The zero-order valence-corrected chi connectivity index (χ0v) is 7.27. The summed E-state index contributed by atoms with van der Waals surface area (Å²) < 4.78 is 0. The number of H-pyrrole nitrogens is 1. The Morgan fingerprint density at radius 2 is 2.42 bits per heavy atom. The fourth-order valence-electron chi connectivity index (χ4n) is 1.34. The number of carbonyl (C=O) groups excluding carboxylic acids is 1. The lowest BCUT2D eigenvalue weighted by atomic mass is 10.1. The van der Waals surface area contributed by atoms with Crippen LogP contribution in [0, 0.1) is 0 Å². The zero-order chi connectivity index (χ0) is 8.55. The summed E-state index contributed by atoms with van der Waals surface area (Å²) in [4.78, 5) is 10.3. The van der Waals surface area contributed by atoms with E-state index < -0.39 is 0 Å². The molecule has 0 amide bonds. The third-order valence-corrected chi connectivity index (χ3v) is 2.43. The predicted molar refractivity (Wildman–Crippen MR) is 45.3 cm³/mol. The van der Waals surface area contributed by atoms with Crippen LogP contribution in [0.1, 0.15) is 30.0 Å². The van der Waals surface area contributed by atoms with Gasteiger partial charge < -0.3 is 4.79 Å². The maximum absolute atomic E-state index is 10.3. The van der Waals surface area contributed by atoms with E-state index in [-0.39, 0.29) is 0 Å². The highest BCUT2D eigenvalue weighted by atomic mass is 35.5. The second-order valence-corrected chi connectivity index (χ2v) is 3.41. The van der Waals surface area contributed by atoms with Gasteiger partial charge in [-0.15, -0.1) is 0 Å². The van der Waals surface area contributed by atoms with Crippen LogP contribution in [-0.4, -0.2) is 16.5 Å². The van der Waals surface area contributed by atoms with Gasteiger partial charge in [-0.05, 0) is 12.8 Å². The molecule has 1 N–H and O–H groups in total. The number of aromatic amines is 1. The van der Waals surface area contributed by atoms with Crippen LogP contribution in [-0.2, 0) is 11.2 Å². The molecule has 3 nitrogen and oxygen atoms in total. The van der Waals surface area contributed by atoms with Crippen molar-refractivity contribution in [1.29, 1.82) is 0 Å². The van der Waals surface area contributed by atoms with E-state index in [1.165, 1.54) is 12.8 Å². The fraction of sp³-hybridized carbons (Fsp3) is 0.500. The Morgan fingerprint density at radius 3 is 3.00 bits per heavy atom. The monoisotopic (exact) mass is 184 g/mol.